The number of nitrogen functional groups attached to an aromatic ring is 1. The van der Waals surface area contributed by atoms with Crippen molar-refractivity contribution in [3.05, 3.63) is 36.2 Å². The highest BCUT2D eigenvalue weighted by atomic mass is 14.7. The summed E-state index contributed by atoms with van der Waals surface area (Å²) in [6.45, 7) is 3.56. The number of nitrogens with two attached hydrogens (primary N) is 1. The molecule has 0 aromatic carbocycles. The average Bonchev–Trinajstić information content (AvgIpc) is 2.05. The Labute approximate surface area is 65.1 Å². The van der Waals surface area contributed by atoms with E-state index in [9.17, 15) is 0 Å². The smallest absolute Gasteiger partial charge is 0.124 e. The second-order valence-corrected chi connectivity index (χ2v) is 2.09. The first-order valence-electron chi connectivity index (χ1n) is 3.17. The van der Waals surface area contributed by atoms with Gasteiger partial charge in [-0.15, -0.1) is 0 Å². The number of hydrogen-bond acceptors (Lipinski definition) is 2. The minimum atomic E-state index is 0.0353. The number of aromatic nitrogens is 1. The first kappa shape index (κ1) is 7.47. The molecule has 0 radical (unpaired) electrons. The van der Waals surface area contributed by atoms with E-state index in [1.165, 1.54) is 0 Å². The van der Waals surface area contributed by atoms with Crippen molar-refractivity contribution in [2.45, 2.75) is 0 Å². The van der Waals surface area contributed by atoms with Crippen molar-refractivity contribution >= 4 is 11.9 Å². The van der Waals surface area contributed by atoms with Gasteiger partial charge in [-0.25, -0.2) is 0 Å². The number of amidine groups is 1. The summed E-state index contributed by atoms with van der Waals surface area (Å²) < 4.78 is 0. The van der Waals surface area contributed by atoms with Crippen LogP contribution in [0.5, 0.6) is 0 Å². The van der Waals surface area contributed by atoms with Crippen LogP contribution < -0.4 is 5.73 Å². The summed E-state index contributed by atoms with van der Waals surface area (Å²) >= 11 is 0. The molecule has 3 heteroatoms. The molecular weight excluding hydrogens is 138 g/mol. The van der Waals surface area contributed by atoms with Crippen LogP contribution in [0, 0.1) is 5.41 Å². The van der Waals surface area contributed by atoms with E-state index in [0.29, 0.717) is 5.56 Å². The fourth-order valence-electron chi connectivity index (χ4n) is 0.685. The summed E-state index contributed by atoms with van der Waals surface area (Å²) in [6.07, 6.45) is 3.20. The summed E-state index contributed by atoms with van der Waals surface area (Å²) in [5, 5.41) is 7.07. The van der Waals surface area contributed by atoms with Gasteiger partial charge >= 0.3 is 0 Å². The quantitative estimate of drug-likeness (QED) is 0.484. The molecule has 0 spiro atoms. The maximum Gasteiger partial charge on any atom is 0.124 e. The van der Waals surface area contributed by atoms with Crippen molar-refractivity contribution in [2.24, 2.45) is 5.73 Å². The van der Waals surface area contributed by atoms with E-state index in [4.69, 9.17) is 11.1 Å². The van der Waals surface area contributed by atoms with Gasteiger partial charge in [0.25, 0.3) is 0 Å². The van der Waals surface area contributed by atoms with Crippen LogP contribution in [0.3, 0.4) is 0 Å². The van der Waals surface area contributed by atoms with Gasteiger partial charge in [0.2, 0.25) is 0 Å². The van der Waals surface area contributed by atoms with Crippen LogP contribution in [-0.4, -0.2) is 10.8 Å². The van der Waals surface area contributed by atoms with Gasteiger partial charge in [0.15, 0.2) is 0 Å². The summed E-state index contributed by atoms with van der Waals surface area (Å²) in [5.41, 5.74) is 6.64. The van der Waals surface area contributed by atoms with Gasteiger partial charge in [-0.1, -0.05) is 6.58 Å². The second-order valence-electron chi connectivity index (χ2n) is 2.09. The van der Waals surface area contributed by atoms with Crippen molar-refractivity contribution < 1.29 is 0 Å². The molecule has 0 aliphatic carbocycles. The minimum Gasteiger partial charge on any atom is -0.384 e. The minimum absolute atomic E-state index is 0.0353. The summed E-state index contributed by atoms with van der Waals surface area (Å²) in [6, 6.07) is 3.51. The third-order valence-electron chi connectivity index (χ3n) is 1.31. The van der Waals surface area contributed by atoms with Gasteiger partial charge < -0.3 is 5.73 Å². The molecule has 0 bridgehead atoms. The van der Waals surface area contributed by atoms with Gasteiger partial charge in [0, 0.05) is 11.8 Å². The molecule has 3 N–H and O–H groups in total. The van der Waals surface area contributed by atoms with Crippen LogP contribution in [0.2, 0.25) is 0 Å². The highest BCUT2D eigenvalue weighted by molar-refractivity contribution is 5.94. The number of nitrogens with zero attached hydrogens (tertiary/aromatic N) is 1. The normalized spacial score (nSPS) is 9.09. The zero-order valence-corrected chi connectivity index (χ0v) is 6.04. The Morgan fingerprint density at radius 1 is 1.64 bits per heavy atom. The molecule has 0 aliphatic rings. The lowest BCUT2D eigenvalue weighted by atomic mass is 10.2. The topological polar surface area (TPSA) is 62.8 Å². The average molecular weight is 147 g/mol. The molecule has 0 saturated carbocycles. The third-order valence-corrected chi connectivity index (χ3v) is 1.31. The molecule has 0 unspecified atom stereocenters. The highest BCUT2D eigenvalue weighted by Crippen LogP contribution is 1.99. The summed E-state index contributed by atoms with van der Waals surface area (Å²) in [4.78, 5) is 3.98. The van der Waals surface area contributed by atoms with E-state index < -0.39 is 0 Å². The number of nitrogens with one attached hydrogen (secondary N) is 1. The van der Waals surface area contributed by atoms with Crippen LogP contribution in [-0.2, 0) is 0 Å². The van der Waals surface area contributed by atoms with Crippen LogP contribution in [0.4, 0.5) is 0 Å². The monoisotopic (exact) mass is 147 g/mol. The molecule has 0 fully saturated rings. The zero-order chi connectivity index (χ0) is 8.27. The molecule has 0 aliphatic heterocycles. The summed E-state index contributed by atoms with van der Waals surface area (Å²) in [7, 11) is 0. The summed E-state index contributed by atoms with van der Waals surface area (Å²) in [5.74, 6) is 0.0353. The van der Waals surface area contributed by atoms with Gasteiger partial charge in [0.05, 0.1) is 5.69 Å². The Hall–Kier alpha value is -1.64. The molecule has 1 heterocycles. The molecule has 1 aromatic heterocycles. The van der Waals surface area contributed by atoms with Crippen LogP contribution in [0.25, 0.3) is 6.08 Å². The Balaban J connectivity index is 3.00. The predicted octanol–water partition coefficient (Wildman–Crippen LogP) is 1.01. The fraction of sp³-hybridized carbons (Fsp3) is 0. The van der Waals surface area contributed by atoms with Crippen LogP contribution >= 0.6 is 0 Å². The molecule has 3 nitrogen and oxygen atoms in total. The van der Waals surface area contributed by atoms with E-state index in [0.717, 1.165) is 5.69 Å². The Morgan fingerprint density at radius 3 is 2.73 bits per heavy atom. The molecule has 11 heavy (non-hydrogen) atoms. The van der Waals surface area contributed by atoms with E-state index in [1.54, 1.807) is 24.4 Å². The van der Waals surface area contributed by atoms with E-state index in [-0.39, 0.29) is 5.84 Å². The van der Waals surface area contributed by atoms with E-state index in [1.807, 2.05) is 0 Å². The van der Waals surface area contributed by atoms with E-state index in [2.05, 4.69) is 11.6 Å². The molecule has 1 aromatic rings. The standard InChI is InChI=1S/C8H9N3/c1-2-7-4-3-6(5-11-7)8(9)10/h2-5H,1H2,(H3,9,10). The first-order valence-corrected chi connectivity index (χ1v) is 3.17. The maximum absolute atomic E-state index is 7.07. The molecule has 56 valence electrons. The number of rotatable bonds is 2. The van der Waals surface area contributed by atoms with Crippen molar-refractivity contribution in [1.82, 2.24) is 4.98 Å². The first-order chi connectivity index (χ1) is 5.24. The number of pyridine rings is 1. The number of hydrogen-bond donors (Lipinski definition) is 2. The molecule has 0 atom stereocenters. The lowest BCUT2D eigenvalue weighted by Crippen LogP contribution is -2.11. The zero-order valence-electron chi connectivity index (χ0n) is 6.04. The third kappa shape index (κ3) is 1.64. The SMILES string of the molecule is C=Cc1ccc(C(=N)N)cn1. The predicted molar refractivity (Wildman–Crippen MR) is 45.3 cm³/mol. The van der Waals surface area contributed by atoms with Gasteiger partial charge in [0.1, 0.15) is 5.84 Å². The van der Waals surface area contributed by atoms with Gasteiger partial charge in [-0.2, -0.15) is 0 Å². The second kappa shape index (κ2) is 2.96. The lowest BCUT2D eigenvalue weighted by Gasteiger charge is -1.96. The Kier molecular flexibility index (Phi) is 2.01. The van der Waals surface area contributed by atoms with E-state index >= 15 is 0 Å². The van der Waals surface area contributed by atoms with Gasteiger partial charge in [-0.3, -0.25) is 10.4 Å². The fourth-order valence-corrected chi connectivity index (χ4v) is 0.685. The van der Waals surface area contributed by atoms with Crippen molar-refractivity contribution in [3.8, 4) is 0 Å². The van der Waals surface area contributed by atoms with Crippen molar-refractivity contribution in [2.75, 3.05) is 0 Å². The van der Waals surface area contributed by atoms with Gasteiger partial charge in [-0.05, 0) is 18.2 Å². The highest BCUT2D eigenvalue weighted by Gasteiger charge is 1.94. The van der Waals surface area contributed by atoms with Crippen molar-refractivity contribution in [3.63, 3.8) is 0 Å². The molecular formula is C8H9N3. The Bertz CT molecular complexity index is 274. The maximum atomic E-state index is 7.07. The van der Waals surface area contributed by atoms with Crippen LogP contribution in [0.1, 0.15) is 11.3 Å². The Morgan fingerprint density at radius 2 is 2.36 bits per heavy atom. The molecule has 1 rings (SSSR count). The lowest BCUT2D eigenvalue weighted by molar-refractivity contribution is 1.27. The van der Waals surface area contributed by atoms with Crippen LogP contribution in [0.15, 0.2) is 24.9 Å². The molecule has 0 amide bonds. The largest absolute Gasteiger partial charge is 0.384 e. The molecule has 0 saturated heterocycles. The van der Waals surface area contributed by atoms with Crippen molar-refractivity contribution in [1.29, 1.82) is 5.41 Å².